The lowest BCUT2D eigenvalue weighted by Gasteiger charge is -2.17. The molecule has 20 heavy (non-hydrogen) atoms. The molecule has 0 N–H and O–H groups in total. The zero-order valence-corrected chi connectivity index (χ0v) is 13.3. The Kier molecular flexibility index (Phi) is 4.89. The summed E-state index contributed by atoms with van der Waals surface area (Å²) in [7, 11) is 3.10. The van der Waals surface area contributed by atoms with E-state index in [9.17, 15) is 4.39 Å². The maximum atomic E-state index is 13.9. The van der Waals surface area contributed by atoms with E-state index in [4.69, 9.17) is 21.1 Å². The average molecular weight is 360 g/mol. The van der Waals surface area contributed by atoms with Crippen LogP contribution < -0.4 is 9.47 Å². The lowest BCUT2D eigenvalue weighted by molar-refractivity contribution is 0.397. The number of rotatable bonds is 4. The van der Waals surface area contributed by atoms with Gasteiger partial charge in [0, 0.05) is 11.1 Å². The summed E-state index contributed by atoms with van der Waals surface area (Å²) < 4.78 is 25.2. The van der Waals surface area contributed by atoms with Gasteiger partial charge in [0.2, 0.25) is 0 Å². The summed E-state index contributed by atoms with van der Waals surface area (Å²) in [6.07, 6.45) is 0. The van der Waals surface area contributed by atoms with Crippen molar-refractivity contribution in [2.75, 3.05) is 14.2 Å². The van der Waals surface area contributed by atoms with Gasteiger partial charge in [0.1, 0.15) is 17.3 Å². The Morgan fingerprint density at radius 1 is 1.05 bits per heavy atom. The van der Waals surface area contributed by atoms with Gasteiger partial charge >= 0.3 is 0 Å². The molecule has 0 heterocycles. The first-order valence-corrected chi connectivity index (χ1v) is 7.11. The van der Waals surface area contributed by atoms with Gasteiger partial charge in [0.15, 0.2) is 0 Å². The van der Waals surface area contributed by atoms with Crippen molar-refractivity contribution in [2.24, 2.45) is 0 Å². The monoisotopic (exact) mass is 358 g/mol. The van der Waals surface area contributed by atoms with Crippen LogP contribution in [-0.2, 0) is 0 Å². The van der Waals surface area contributed by atoms with E-state index < -0.39 is 5.38 Å². The molecule has 2 rings (SSSR count). The van der Waals surface area contributed by atoms with Gasteiger partial charge in [0.25, 0.3) is 0 Å². The Hall–Kier alpha value is -1.26. The van der Waals surface area contributed by atoms with Crippen LogP contribution >= 0.6 is 27.5 Å². The zero-order chi connectivity index (χ0) is 14.7. The zero-order valence-electron chi connectivity index (χ0n) is 11.0. The Morgan fingerprint density at radius 3 is 2.30 bits per heavy atom. The van der Waals surface area contributed by atoms with Crippen molar-refractivity contribution in [2.45, 2.75) is 5.38 Å². The fourth-order valence-corrected chi connectivity index (χ4v) is 2.76. The summed E-state index contributed by atoms with van der Waals surface area (Å²) >= 11 is 9.79. The SMILES string of the molecule is COc1cc(C(Cl)c2ccccc2F)c(OC)cc1Br. The maximum Gasteiger partial charge on any atom is 0.133 e. The van der Waals surface area contributed by atoms with Crippen LogP contribution in [-0.4, -0.2) is 14.2 Å². The Morgan fingerprint density at radius 2 is 1.70 bits per heavy atom. The minimum Gasteiger partial charge on any atom is -0.496 e. The van der Waals surface area contributed by atoms with Crippen molar-refractivity contribution < 1.29 is 13.9 Å². The highest BCUT2D eigenvalue weighted by molar-refractivity contribution is 9.10. The molecule has 0 fully saturated rings. The molecule has 1 unspecified atom stereocenters. The standard InChI is InChI=1S/C15H13BrClFO2/c1-19-13-8-11(16)14(20-2)7-10(13)15(17)9-5-3-4-6-12(9)18/h3-8,15H,1-2H3. The molecule has 0 saturated carbocycles. The predicted octanol–water partition coefficient (Wildman–Crippen LogP) is 4.93. The minimum absolute atomic E-state index is 0.351. The molecular formula is C15H13BrClFO2. The molecule has 0 aliphatic rings. The Balaban J connectivity index is 2.53. The molecule has 2 nitrogen and oxygen atoms in total. The summed E-state index contributed by atoms with van der Waals surface area (Å²) in [5.41, 5.74) is 1.05. The first-order valence-electron chi connectivity index (χ1n) is 5.88. The van der Waals surface area contributed by atoms with Crippen LogP contribution in [0.1, 0.15) is 16.5 Å². The van der Waals surface area contributed by atoms with E-state index in [1.807, 2.05) is 0 Å². The minimum atomic E-state index is -0.659. The highest BCUT2D eigenvalue weighted by Crippen LogP contribution is 2.41. The molecule has 0 bridgehead atoms. The fraction of sp³-hybridized carbons (Fsp3) is 0.200. The third kappa shape index (κ3) is 2.91. The van der Waals surface area contributed by atoms with Gasteiger partial charge < -0.3 is 9.47 Å². The summed E-state index contributed by atoms with van der Waals surface area (Å²) in [4.78, 5) is 0. The van der Waals surface area contributed by atoms with Crippen LogP contribution in [0.3, 0.4) is 0 Å². The summed E-state index contributed by atoms with van der Waals surface area (Å²) in [5, 5.41) is -0.659. The van der Waals surface area contributed by atoms with Gasteiger partial charge in [-0.2, -0.15) is 0 Å². The van der Waals surface area contributed by atoms with Crippen molar-refractivity contribution in [1.82, 2.24) is 0 Å². The quantitative estimate of drug-likeness (QED) is 0.720. The van der Waals surface area contributed by atoms with Crippen LogP contribution in [0.5, 0.6) is 11.5 Å². The second-order valence-electron chi connectivity index (χ2n) is 4.11. The largest absolute Gasteiger partial charge is 0.496 e. The van der Waals surface area contributed by atoms with Crippen LogP contribution in [0.25, 0.3) is 0 Å². The fourth-order valence-electron chi connectivity index (χ4n) is 1.93. The molecule has 0 spiro atoms. The van der Waals surface area contributed by atoms with Crippen molar-refractivity contribution >= 4 is 27.5 Å². The van der Waals surface area contributed by atoms with Gasteiger partial charge in [-0.15, -0.1) is 11.6 Å². The number of alkyl halides is 1. The van der Waals surface area contributed by atoms with E-state index in [1.165, 1.54) is 6.07 Å². The van der Waals surface area contributed by atoms with Crippen molar-refractivity contribution in [3.63, 3.8) is 0 Å². The molecule has 0 amide bonds. The predicted molar refractivity (Wildman–Crippen MR) is 81.3 cm³/mol. The van der Waals surface area contributed by atoms with E-state index in [1.54, 1.807) is 44.6 Å². The van der Waals surface area contributed by atoms with Gasteiger partial charge in [-0.05, 0) is 34.1 Å². The third-order valence-electron chi connectivity index (χ3n) is 2.96. The van der Waals surface area contributed by atoms with Gasteiger partial charge in [-0.3, -0.25) is 0 Å². The van der Waals surface area contributed by atoms with Crippen molar-refractivity contribution in [1.29, 1.82) is 0 Å². The van der Waals surface area contributed by atoms with Gasteiger partial charge in [-0.1, -0.05) is 18.2 Å². The molecule has 5 heteroatoms. The molecule has 0 aliphatic heterocycles. The number of hydrogen-bond acceptors (Lipinski definition) is 2. The normalized spacial score (nSPS) is 12.1. The molecule has 1 atom stereocenters. The molecule has 0 aromatic heterocycles. The van der Waals surface area contributed by atoms with Crippen LogP contribution in [0, 0.1) is 5.82 Å². The molecule has 0 saturated heterocycles. The van der Waals surface area contributed by atoms with Gasteiger partial charge in [-0.25, -0.2) is 4.39 Å². The highest BCUT2D eigenvalue weighted by Gasteiger charge is 2.21. The van der Waals surface area contributed by atoms with Crippen LogP contribution in [0.2, 0.25) is 0 Å². The lowest BCUT2D eigenvalue weighted by atomic mass is 10.0. The Bertz CT molecular complexity index is 619. The van der Waals surface area contributed by atoms with E-state index in [0.717, 1.165) is 4.47 Å². The molecular weight excluding hydrogens is 347 g/mol. The number of hydrogen-bond donors (Lipinski definition) is 0. The van der Waals surface area contributed by atoms with Crippen molar-refractivity contribution in [3.05, 3.63) is 57.8 Å². The molecule has 2 aromatic rings. The van der Waals surface area contributed by atoms with E-state index in [0.29, 0.717) is 22.6 Å². The van der Waals surface area contributed by atoms with E-state index in [-0.39, 0.29) is 5.82 Å². The highest BCUT2D eigenvalue weighted by atomic mass is 79.9. The molecule has 0 radical (unpaired) electrons. The van der Waals surface area contributed by atoms with E-state index in [2.05, 4.69) is 15.9 Å². The number of halogens is 3. The smallest absolute Gasteiger partial charge is 0.133 e. The van der Waals surface area contributed by atoms with Gasteiger partial charge in [0.05, 0.1) is 24.1 Å². The maximum absolute atomic E-state index is 13.9. The third-order valence-corrected chi connectivity index (χ3v) is 4.05. The second-order valence-corrected chi connectivity index (χ2v) is 5.40. The Labute approximate surface area is 130 Å². The number of methoxy groups -OCH3 is 2. The summed E-state index contributed by atoms with van der Waals surface area (Å²) in [5.74, 6) is 0.833. The first kappa shape index (κ1) is 15.1. The summed E-state index contributed by atoms with van der Waals surface area (Å²) in [6, 6.07) is 9.91. The lowest BCUT2D eigenvalue weighted by Crippen LogP contribution is -2.01. The second kappa shape index (κ2) is 6.46. The summed E-state index contributed by atoms with van der Waals surface area (Å²) in [6.45, 7) is 0. The molecule has 106 valence electrons. The molecule has 2 aromatic carbocycles. The molecule has 0 aliphatic carbocycles. The number of ether oxygens (including phenoxy) is 2. The topological polar surface area (TPSA) is 18.5 Å². The van der Waals surface area contributed by atoms with Crippen molar-refractivity contribution in [3.8, 4) is 11.5 Å². The number of benzene rings is 2. The average Bonchev–Trinajstić information content (AvgIpc) is 2.46. The van der Waals surface area contributed by atoms with Crippen LogP contribution in [0.4, 0.5) is 4.39 Å². The first-order chi connectivity index (χ1) is 9.58. The van der Waals surface area contributed by atoms with E-state index >= 15 is 0 Å². The van der Waals surface area contributed by atoms with Crippen LogP contribution in [0.15, 0.2) is 40.9 Å².